The molecule has 2 heterocycles. The van der Waals surface area contributed by atoms with E-state index in [4.69, 9.17) is 23.2 Å². The van der Waals surface area contributed by atoms with E-state index in [0.717, 1.165) is 4.90 Å². The van der Waals surface area contributed by atoms with E-state index >= 15 is 0 Å². The summed E-state index contributed by atoms with van der Waals surface area (Å²) in [5, 5.41) is -0.151. The number of benzene rings is 1. The zero-order valence-electron chi connectivity index (χ0n) is 11.3. The van der Waals surface area contributed by atoms with Crippen molar-refractivity contribution < 1.29 is 19.1 Å². The van der Waals surface area contributed by atoms with Crippen molar-refractivity contribution >= 4 is 58.6 Å². The lowest BCUT2D eigenvalue weighted by molar-refractivity contribution is -0.144. The Balaban J connectivity index is 1.95. The maximum absolute atomic E-state index is 12.6. The summed E-state index contributed by atoms with van der Waals surface area (Å²) < 4.78 is 4.69. The summed E-state index contributed by atoms with van der Waals surface area (Å²) in [5.41, 5.74) is 0.322. The molecule has 0 saturated carbocycles. The second-order valence-corrected chi connectivity index (χ2v) is 6.61. The van der Waals surface area contributed by atoms with Crippen LogP contribution in [0.2, 0.25) is 10.0 Å². The number of halogens is 2. The molecule has 0 spiro atoms. The number of fused-ring (bicyclic) bond motifs is 1. The summed E-state index contributed by atoms with van der Waals surface area (Å²) in [6, 6.07) is 3.16. The fourth-order valence-corrected chi connectivity index (χ4v) is 4.03. The fourth-order valence-electron chi connectivity index (χ4n) is 2.43. The molecule has 2 fully saturated rings. The molecule has 116 valence electrons. The highest BCUT2D eigenvalue weighted by molar-refractivity contribution is 8.01. The van der Waals surface area contributed by atoms with E-state index < -0.39 is 29.3 Å². The van der Waals surface area contributed by atoms with E-state index in [1.54, 1.807) is 0 Å². The fraction of sp³-hybridized carbons (Fsp3) is 0.308. The number of rotatable bonds is 2. The van der Waals surface area contributed by atoms with Crippen LogP contribution in [0.15, 0.2) is 18.2 Å². The molecule has 0 N–H and O–H groups in total. The molecule has 0 radical (unpaired) electrons. The minimum Gasteiger partial charge on any atom is -0.467 e. The Morgan fingerprint density at radius 1 is 1.32 bits per heavy atom. The van der Waals surface area contributed by atoms with Crippen LogP contribution < -0.4 is 4.90 Å². The van der Waals surface area contributed by atoms with Crippen LogP contribution >= 0.6 is 35.0 Å². The Labute approximate surface area is 140 Å². The van der Waals surface area contributed by atoms with Crippen molar-refractivity contribution in [3.05, 3.63) is 28.2 Å². The number of esters is 1. The van der Waals surface area contributed by atoms with E-state index in [-0.39, 0.29) is 5.02 Å². The number of urea groups is 1. The smallest absolute Gasteiger partial charge is 0.333 e. The van der Waals surface area contributed by atoms with E-state index in [2.05, 4.69) is 4.74 Å². The molecule has 1 aromatic rings. The number of hydrogen-bond donors (Lipinski definition) is 0. The molecular formula is C13H10Cl2N2O4S. The maximum atomic E-state index is 12.6. The second-order valence-electron chi connectivity index (χ2n) is 4.69. The van der Waals surface area contributed by atoms with Crippen LogP contribution in [0, 0.1) is 0 Å². The first-order valence-electron chi connectivity index (χ1n) is 6.26. The number of thioether (sulfide) groups is 1. The van der Waals surface area contributed by atoms with Gasteiger partial charge in [0.25, 0.3) is 5.91 Å². The van der Waals surface area contributed by atoms with E-state index in [0.29, 0.717) is 16.5 Å². The first kappa shape index (κ1) is 15.5. The molecule has 2 saturated heterocycles. The highest BCUT2D eigenvalue weighted by Crippen LogP contribution is 2.39. The van der Waals surface area contributed by atoms with Crippen LogP contribution in [-0.4, -0.2) is 47.1 Å². The van der Waals surface area contributed by atoms with Crippen LogP contribution in [-0.2, 0) is 14.3 Å². The van der Waals surface area contributed by atoms with Gasteiger partial charge in [0, 0.05) is 5.75 Å². The van der Waals surface area contributed by atoms with Crippen molar-refractivity contribution in [1.29, 1.82) is 0 Å². The molecule has 1 aromatic carbocycles. The molecule has 9 heteroatoms. The Morgan fingerprint density at radius 3 is 2.68 bits per heavy atom. The van der Waals surface area contributed by atoms with Gasteiger partial charge in [-0.2, -0.15) is 0 Å². The number of methoxy groups -OCH3 is 1. The molecule has 3 rings (SSSR count). The topological polar surface area (TPSA) is 66.9 Å². The van der Waals surface area contributed by atoms with Crippen molar-refractivity contribution in [2.24, 2.45) is 0 Å². The SMILES string of the molecule is COC(=O)C1CSC2C(=O)N(c3ccc(Cl)c(Cl)c3)C(=O)N12. The quantitative estimate of drug-likeness (QED) is 0.598. The molecule has 0 aromatic heterocycles. The van der Waals surface area contributed by atoms with Crippen molar-refractivity contribution in [2.45, 2.75) is 11.4 Å². The predicted molar refractivity (Wildman–Crippen MR) is 83.2 cm³/mol. The molecule has 2 aliphatic rings. The molecule has 0 aliphatic carbocycles. The number of carbonyl (C=O) groups is 3. The lowest BCUT2D eigenvalue weighted by Gasteiger charge is -2.20. The van der Waals surface area contributed by atoms with Crippen LogP contribution in [0.3, 0.4) is 0 Å². The van der Waals surface area contributed by atoms with Crippen LogP contribution in [0.4, 0.5) is 10.5 Å². The Bertz CT molecular complexity index is 684. The molecule has 22 heavy (non-hydrogen) atoms. The summed E-state index contributed by atoms with van der Waals surface area (Å²) in [6.45, 7) is 0. The number of hydrogen-bond acceptors (Lipinski definition) is 5. The largest absolute Gasteiger partial charge is 0.467 e. The van der Waals surface area contributed by atoms with Gasteiger partial charge in [-0.3, -0.25) is 9.69 Å². The van der Waals surface area contributed by atoms with Gasteiger partial charge in [0.2, 0.25) is 0 Å². The van der Waals surface area contributed by atoms with Crippen molar-refractivity contribution in [3.63, 3.8) is 0 Å². The molecule has 2 unspecified atom stereocenters. The molecule has 0 bridgehead atoms. The molecule has 2 aliphatic heterocycles. The van der Waals surface area contributed by atoms with Gasteiger partial charge < -0.3 is 4.74 Å². The number of nitrogens with zero attached hydrogens (tertiary/aromatic N) is 2. The third-order valence-corrected chi connectivity index (χ3v) is 5.47. The molecule has 3 amide bonds. The highest BCUT2D eigenvalue weighted by Gasteiger charge is 2.55. The third kappa shape index (κ3) is 2.24. The van der Waals surface area contributed by atoms with Crippen molar-refractivity contribution in [1.82, 2.24) is 4.90 Å². The average molecular weight is 361 g/mol. The lowest BCUT2D eigenvalue weighted by atomic mass is 10.3. The number of carbonyl (C=O) groups excluding carboxylic acids is 3. The van der Waals surface area contributed by atoms with Gasteiger partial charge in [-0.25, -0.2) is 14.5 Å². The zero-order valence-corrected chi connectivity index (χ0v) is 13.6. The summed E-state index contributed by atoms with van der Waals surface area (Å²) in [4.78, 5) is 39.0. The first-order valence-corrected chi connectivity index (χ1v) is 8.07. The molecular weight excluding hydrogens is 351 g/mol. The second kappa shape index (κ2) is 5.64. The highest BCUT2D eigenvalue weighted by atomic mass is 35.5. The van der Waals surface area contributed by atoms with Crippen LogP contribution in [0.25, 0.3) is 0 Å². The monoisotopic (exact) mass is 360 g/mol. The van der Waals surface area contributed by atoms with E-state index in [1.807, 2.05) is 0 Å². The predicted octanol–water partition coefficient (Wildman–Crippen LogP) is 2.38. The van der Waals surface area contributed by atoms with Gasteiger partial charge in [-0.1, -0.05) is 23.2 Å². The minimum absolute atomic E-state index is 0.240. The Morgan fingerprint density at radius 2 is 2.05 bits per heavy atom. The van der Waals surface area contributed by atoms with Crippen molar-refractivity contribution in [3.8, 4) is 0 Å². The minimum atomic E-state index is -0.760. The average Bonchev–Trinajstić information content (AvgIpc) is 3.03. The van der Waals surface area contributed by atoms with Crippen LogP contribution in [0.5, 0.6) is 0 Å². The van der Waals surface area contributed by atoms with Gasteiger partial charge in [-0.05, 0) is 18.2 Å². The number of ether oxygens (including phenoxy) is 1. The van der Waals surface area contributed by atoms with E-state index in [9.17, 15) is 14.4 Å². The standard InChI is InChI=1S/C13H10Cl2N2O4S/c1-21-12(19)9-5-22-11-10(18)16(13(20)17(9)11)6-2-3-7(14)8(15)4-6/h2-4,9,11H,5H2,1H3. The van der Waals surface area contributed by atoms with Crippen molar-refractivity contribution in [2.75, 3.05) is 17.8 Å². The van der Waals surface area contributed by atoms with Crippen LogP contribution in [0.1, 0.15) is 0 Å². The summed E-state index contributed by atoms with van der Waals surface area (Å²) in [5.74, 6) is -0.601. The number of imide groups is 1. The van der Waals surface area contributed by atoms with E-state index in [1.165, 1.54) is 42.0 Å². The first-order chi connectivity index (χ1) is 10.5. The molecule has 2 atom stereocenters. The van der Waals surface area contributed by atoms with Gasteiger partial charge in [0.1, 0.15) is 6.04 Å². The zero-order chi connectivity index (χ0) is 16.0. The van der Waals surface area contributed by atoms with Gasteiger partial charge >= 0.3 is 12.0 Å². The lowest BCUT2D eigenvalue weighted by Crippen LogP contribution is -2.44. The molecule has 6 nitrogen and oxygen atoms in total. The Hall–Kier alpha value is -1.44. The number of amides is 3. The van der Waals surface area contributed by atoms with Gasteiger partial charge in [-0.15, -0.1) is 11.8 Å². The maximum Gasteiger partial charge on any atom is 0.333 e. The van der Waals surface area contributed by atoms with Gasteiger partial charge in [0.05, 0.1) is 22.8 Å². The Kier molecular flexibility index (Phi) is 3.96. The summed E-state index contributed by atoms with van der Waals surface area (Å²) >= 11 is 13.0. The van der Waals surface area contributed by atoms with Gasteiger partial charge in [0.15, 0.2) is 5.37 Å². The summed E-state index contributed by atoms with van der Waals surface area (Å²) in [6.07, 6.45) is 0. The third-order valence-electron chi connectivity index (χ3n) is 3.48. The normalized spacial score (nSPS) is 24.0. The summed E-state index contributed by atoms with van der Waals surface area (Å²) in [7, 11) is 1.25. The number of anilines is 1.